The van der Waals surface area contributed by atoms with E-state index in [1.165, 1.54) is 0 Å². The molecule has 0 saturated carbocycles. The van der Waals surface area contributed by atoms with Crippen LogP contribution >= 0.6 is 11.6 Å². The van der Waals surface area contributed by atoms with Gasteiger partial charge in [0.05, 0.1) is 17.7 Å². The molecule has 1 heterocycles. The summed E-state index contributed by atoms with van der Waals surface area (Å²) in [6.07, 6.45) is -9.74. The van der Waals surface area contributed by atoms with E-state index in [1.807, 2.05) is 0 Å². The van der Waals surface area contributed by atoms with E-state index >= 15 is 0 Å². The Labute approximate surface area is 172 Å². The molecule has 0 bridgehead atoms. The largest absolute Gasteiger partial charge is 0.573 e. The Kier molecular flexibility index (Phi) is 7.24. The van der Waals surface area contributed by atoms with Crippen molar-refractivity contribution in [2.24, 2.45) is 5.92 Å². The maximum atomic E-state index is 13.2. The van der Waals surface area contributed by atoms with Crippen molar-refractivity contribution in [1.29, 1.82) is 0 Å². The minimum atomic E-state index is -4.95. The van der Waals surface area contributed by atoms with E-state index < -0.39 is 35.0 Å². The van der Waals surface area contributed by atoms with Gasteiger partial charge in [-0.1, -0.05) is 25.4 Å². The number of aliphatic hydroxyl groups excluding tert-OH is 1. The number of alkyl halides is 6. The van der Waals surface area contributed by atoms with Gasteiger partial charge in [-0.15, -0.1) is 13.2 Å². The molecule has 2 rings (SSSR count). The zero-order valence-corrected chi connectivity index (χ0v) is 16.3. The van der Waals surface area contributed by atoms with Crippen molar-refractivity contribution >= 4 is 29.1 Å². The first-order valence-electron chi connectivity index (χ1n) is 8.44. The number of hydrogen-bond donors (Lipinski definition) is 3. The molecule has 1 aromatic carbocycles. The lowest BCUT2D eigenvalue weighted by Crippen LogP contribution is -2.30. The Hall–Kier alpha value is -2.47. The van der Waals surface area contributed by atoms with Gasteiger partial charge in [0.1, 0.15) is 11.6 Å². The second kappa shape index (κ2) is 9.13. The SMILES string of the molecule is CC(C)[C@@H](CO)Nc1nc(Nc2ccc(OC(F)(F)F)c(Cl)c2)cc(C(F)(F)F)n1. The summed E-state index contributed by atoms with van der Waals surface area (Å²) in [5.74, 6) is -1.48. The molecule has 0 saturated heterocycles. The van der Waals surface area contributed by atoms with Gasteiger partial charge in [-0.3, -0.25) is 0 Å². The van der Waals surface area contributed by atoms with Crippen molar-refractivity contribution in [2.45, 2.75) is 32.4 Å². The lowest BCUT2D eigenvalue weighted by Gasteiger charge is -2.21. The highest BCUT2D eigenvalue weighted by molar-refractivity contribution is 6.32. The van der Waals surface area contributed by atoms with Crippen LogP contribution < -0.4 is 15.4 Å². The third-order valence-corrected chi connectivity index (χ3v) is 4.06. The fourth-order valence-corrected chi connectivity index (χ4v) is 2.46. The summed E-state index contributed by atoms with van der Waals surface area (Å²) in [5, 5.41) is 14.1. The molecular formula is C17H17ClF6N4O2. The predicted octanol–water partition coefficient (Wildman–Crippen LogP) is 5.22. The molecule has 30 heavy (non-hydrogen) atoms. The smallest absolute Gasteiger partial charge is 0.404 e. The first kappa shape index (κ1) is 23.8. The number of nitrogens with zero attached hydrogens (tertiary/aromatic N) is 2. The van der Waals surface area contributed by atoms with Gasteiger partial charge < -0.3 is 20.5 Å². The fourth-order valence-electron chi connectivity index (χ4n) is 2.24. The highest BCUT2D eigenvalue weighted by atomic mass is 35.5. The number of rotatable bonds is 7. The molecule has 166 valence electrons. The molecule has 0 fully saturated rings. The van der Waals surface area contributed by atoms with E-state index in [9.17, 15) is 31.4 Å². The summed E-state index contributed by atoms with van der Waals surface area (Å²) >= 11 is 5.74. The predicted molar refractivity (Wildman–Crippen MR) is 97.8 cm³/mol. The van der Waals surface area contributed by atoms with Crippen LogP contribution in [0.15, 0.2) is 24.3 Å². The summed E-state index contributed by atoms with van der Waals surface area (Å²) in [7, 11) is 0. The van der Waals surface area contributed by atoms with Crippen LogP contribution in [0.1, 0.15) is 19.5 Å². The standard InChI is InChI=1S/C17H17ClF6N4O2/c1-8(2)11(7-29)26-15-27-13(16(19,20)21)6-14(28-15)25-9-3-4-12(10(18)5-9)30-17(22,23)24/h3-6,8,11,29H,7H2,1-2H3,(H2,25,26,27,28)/t11-/m1/s1. The summed E-state index contributed by atoms with van der Waals surface area (Å²) in [6, 6.07) is 3.09. The minimum absolute atomic E-state index is 0.0647. The van der Waals surface area contributed by atoms with Crippen LogP contribution in [0.5, 0.6) is 5.75 Å². The Morgan fingerprint density at radius 1 is 1.10 bits per heavy atom. The second-order valence-electron chi connectivity index (χ2n) is 6.46. The summed E-state index contributed by atoms with van der Waals surface area (Å²) in [6.45, 7) is 3.12. The number of benzene rings is 1. The van der Waals surface area contributed by atoms with Gasteiger partial charge in [0.25, 0.3) is 0 Å². The highest BCUT2D eigenvalue weighted by Gasteiger charge is 2.34. The normalized spacial score (nSPS) is 13.3. The topological polar surface area (TPSA) is 79.3 Å². The van der Waals surface area contributed by atoms with Crippen molar-refractivity contribution < 1.29 is 36.2 Å². The molecule has 0 unspecified atom stereocenters. The van der Waals surface area contributed by atoms with Crippen molar-refractivity contribution in [3.05, 3.63) is 35.0 Å². The van der Waals surface area contributed by atoms with Crippen LogP contribution in [0, 0.1) is 5.92 Å². The molecule has 3 N–H and O–H groups in total. The van der Waals surface area contributed by atoms with Gasteiger partial charge in [-0.2, -0.15) is 18.2 Å². The van der Waals surface area contributed by atoms with Crippen molar-refractivity contribution in [1.82, 2.24) is 9.97 Å². The van der Waals surface area contributed by atoms with Crippen LogP contribution in [0.3, 0.4) is 0 Å². The molecule has 1 atom stereocenters. The molecule has 0 aliphatic heterocycles. The van der Waals surface area contributed by atoms with Crippen molar-refractivity contribution in [3.8, 4) is 5.75 Å². The molecule has 6 nitrogen and oxygen atoms in total. The number of halogens is 7. The molecule has 13 heteroatoms. The van der Waals surface area contributed by atoms with E-state index in [1.54, 1.807) is 13.8 Å². The number of aromatic nitrogens is 2. The molecule has 0 aliphatic carbocycles. The van der Waals surface area contributed by atoms with Crippen molar-refractivity contribution in [3.63, 3.8) is 0 Å². The quantitative estimate of drug-likeness (QED) is 0.494. The van der Waals surface area contributed by atoms with Crippen LogP contribution in [0.2, 0.25) is 5.02 Å². The van der Waals surface area contributed by atoms with Crippen molar-refractivity contribution in [2.75, 3.05) is 17.2 Å². The Morgan fingerprint density at radius 2 is 1.77 bits per heavy atom. The molecule has 0 spiro atoms. The van der Waals surface area contributed by atoms with Gasteiger partial charge in [0.15, 0.2) is 5.69 Å². The minimum Gasteiger partial charge on any atom is -0.404 e. The molecule has 1 aromatic heterocycles. The number of hydrogen-bond acceptors (Lipinski definition) is 6. The average molecular weight is 459 g/mol. The zero-order valence-electron chi connectivity index (χ0n) is 15.6. The Morgan fingerprint density at radius 3 is 2.27 bits per heavy atom. The molecule has 0 amide bonds. The fraction of sp³-hybridized carbons (Fsp3) is 0.412. The number of aliphatic hydroxyl groups is 1. The maximum Gasteiger partial charge on any atom is 0.573 e. The van der Waals surface area contributed by atoms with Crippen LogP contribution in [-0.4, -0.2) is 34.1 Å². The lowest BCUT2D eigenvalue weighted by molar-refractivity contribution is -0.274. The zero-order chi connectivity index (χ0) is 22.7. The highest BCUT2D eigenvalue weighted by Crippen LogP contribution is 2.34. The maximum absolute atomic E-state index is 13.2. The van der Waals surface area contributed by atoms with Gasteiger partial charge in [-0.05, 0) is 24.1 Å². The Bertz CT molecular complexity index is 876. The van der Waals surface area contributed by atoms with Gasteiger partial charge in [-0.25, -0.2) is 4.98 Å². The summed E-state index contributed by atoms with van der Waals surface area (Å²) in [4.78, 5) is 7.34. The van der Waals surface area contributed by atoms with Gasteiger partial charge in [0.2, 0.25) is 5.95 Å². The first-order chi connectivity index (χ1) is 13.8. The van der Waals surface area contributed by atoms with Crippen LogP contribution in [0.4, 0.5) is 43.8 Å². The van der Waals surface area contributed by atoms with E-state index in [-0.39, 0.29) is 30.0 Å². The first-order valence-corrected chi connectivity index (χ1v) is 8.82. The Balaban J connectivity index is 2.34. The van der Waals surface area contributed by atoms with E-state index in [4.69, 9.17) is 11.6 Å². The number of nitrogens with one attached hydrogen (secondary N) is 2. The van der Waals surface area contributed by atoms with Crippen LogP contribution in [0.25, 0.3) is 0 Å². The molecular weight excluding hydrogens is 442 g/mol. The average Bonchev–Trinajstić information content (AvgIpc) is 2.60. The molecule has 2 aromatic rings. The summed E-state index contributed by atoms with van der Waals surface area (Å²) < 4.78 is 80.3. The summed E-state index contributed by atoms with van der Waals surface area (Å²) in [5.41, 5.74) is -1.19. The van der Waals surface area contributed by atoms with E-state index in [2.05, 4.69) is 25.3 Å². The van der Waals surface area contributed by atoms with Gasteiger partial charge in [0, 0.05) is 11.8 Å². The van der Waals surface area contributed by atoms with E-state index in [0.717, 1.165) is 18.2 Å². The lowest BCUT2D eigenvalue weighted by atomic mass is 10.1. The number of ether oxygens (including phenoxy) is 1. The van der Waals surface area contributed by atoms with Crippen LogP contribution in [-0.2, 0) is 6.18 Å². The van der Waals surface area contributed by atoms with Gasteiger partial charge >= 0.3 is 12.5 Å². The van der Waals surface area contributed by atoms with E-state index in [0.29, 0.717) is 6.07 Å². The molecule has 0 aliphatic rings. The number of anilines is 3. The monoisotopic (exact) mass is 458 g/mol. The molecule has 0 radical (unpaired) electrons. The second-order valence-corrected chi connectivity index (χ2v) is 6.86. The third-order valence-electron chi connectivity index (χ3n) is 3.76. The third kappa shape index (κ3) is 6.80.